The van der Waals surface area contributed by atoms with E-state index in [1.54, 1.807) is 6.26 Å². The Bertz CT molecular complexity index is 480. The molecule has 3 N–H and O–H groups in total. The number of amides is 1. The predicted octanol–water partition coefficient (Wildman–Crippen LogP) is -0.295. The minimum atomic E-state index is -0.423. The summed E-state index contributed by atoms with van der Waals surface area (Å²) in [4.78, 5) is 10.4. The Labute approximate surface area is 123 Å². The molecule has 8 heteroatoms. The number of nitrogens with one attached hydrogen (secondary N) is 1. The lowest BCUT2D eigenvalue weighted by Crippen LogP contribution is -2.38. The van der Waals surface area contributed by atoms with E-state index in [9.17, 15) is 4.79 Å². The summed E-state index contributed by atoms with van der Waals surface area (Å²) < 4.78 is 17.0. The van der Waals surface area contributed by atoms with E-state index < -0.39 is 7.12 Å². The van der Waals surface area contributed by atoms with Crippen molar-refractivity contribution in [3.8, 4) is 0 Å². The van der Waals surface area contributed by atoms with Crippen LogP contribution in [0.5, 0.6) is 0 Å². The maximum absolute atomic E-state index is 10.4. The second-order valence-electron chi connectivity index (χ2n) is 4.57. The third kappa shape index (κ3) is 2.62. The fourth-order valence-corrected chi connectivity index (χ4v) is 2.56. The fraction of sp³-hybridized carbons (Fsp3) is 0.417. The first-order valence-corrected chi connectivity index (χ1v) is 6.24. The van der Waals surface area contributed by atoms with Gasteiger partial charge in [0.2, 0.25) is 6.41 Å². The van der Waals surface area contributed by atoms with Crippen LogP contribution in [0, 0.1) is 0 Å². The summed E-state index contributed by atoms with van der Waals surface area (Å²) in [5, 5.41) is 2.63. The molecule has 3 heterocycles. The molecule has 0 saturated carbocycles. The third-order valence-electron chi connectivity index (χ3n) is 3.43. The Morgan fingerprint density at radius 1 is 1.50 bits per heavy atom. The zero-order valence-electron chi connectivity index (χ0n) is 10.8. The molecule has 0 fully saturated rings. The van der Waals surface area contributed by atoms with Crippen molar-refractivity contribution >= 4 is 25.9 Å². The lowest BCUT2D eigenvalue weighted by molar-refractivity contribution is -0.109. The van der Waals surface area contributed by atoms with E-state index in [1.807, 2.05) is 12.2 Å². The summed E-state index contributed by atoms with van der Waals surface area (Å²) in [7, 11) is -0.423. The average molecular weight is 299 g/mol. The number of carbonyl (C=O) groups excluding carboxylic acids is 1. The largest absolute Gasteiger partial charge is 0.497 e. The van der Waals surface area contributed by atoms with E-state index in [0.29, 0.717) is 26.1 Å². The molecule has 1 unspecified atom stereocenters. The highest BCUT2D eigenvalue weighted by molar-refractivity contribution is 6.57. The highest BCUT2D eigenvalue weighted by atomic mass is 35.5. The molecule has 0 aromatic heterocycles. The van der Waals surface area contributed by atoms with E-state index >= 15 is 0 Å². The fourth-order valence-electron chi connectivity index (χ4n) is 2.56. The molecule has 0 radical (unpaired) electrons. The molecule has 20 heavy (non-hydrogen) atoms. The van der Waals surface area contributed by atoms with Crippen LogP contribution < -0.4 is 11.1 Å². The number of allylic oxidation sites excluding steroid dienone is 3. The molecule has 0 aromatic rings. The summed E-state index contributed by atoms with van der Waals surface area (Å²) >= 11 is 0. The second kappa shape index (κ2) is 6.45. The van der Waals surface area contributed by atoms with Gasteiger partial charge in [-0.3, -0.25) is 4.79 Å². The summed E-state index contributed by atoms with van der Waals surface area (Å²) in [6.07, 6.45) is 5.84. The van der Waals surface area contributed by atoms with Gasteiger partial charge in [0.15, 0.2) is 0 Å². The van der Waals surface area contributed by atoms with Gasteiger partial charge in [-0.15, -0.1) is 12.4 Å². The molecule has 0 spiro atoms. The molecule has 6 nitrogen and oxygen atoms in total. The van der Waals surface area contributed by atoms with Gasteiger partial charge >= 0.3 is 7.12 Å². The van der Waals surface area contributed by atoms with E-state index in [1.165, 1.54) is 0 Å². The number of rotatable bonds is 4. The number of hydrogen-bond acceptors (Lipinski definition) is 5. The van der Waals surface area contributed by atoms with Crippen molar-refractivity contribution in [2.75, 3.05) is 19.7 Å². The Kier molecular flexibility index (Phi) is 4.88. The van der Waals surface area contributed by atoms with Crippen molar-refractivity contribution in [2.45, 2.75) is 12.2 Å². The van der Waals surface area contributed by atoms with Crippen LogP contribution in [0.1, 0.15) is 0 Å². The lowest BCUT2D eigenvalue weighted by Gasteiger charge is -2.24. The lowest BCUT2D eigenvalue weighted by atomic mass is 9.70. The molecule has 108 valence electrons. The average Bonchev–Trinajstić information content (AvgIpc) is 2.63. The molecule has 0 aromatic carbocycles. The maximum atomic E-state index is 10.4. The van der Waals surface area contributed by atoms with Crippen LogP contribution in [0.3, 0.4) is 0 Å². The maximum Gasteiger partial charge on any atom is 0.495 e. The van der Waals surface area contributed by atoms with Gasteiger partial charge in [-0.1, -0.05) is 0 Å². The Balaban J connectivity index is 0.00000147. The first-order valence-electron chi connectivity index (χ1n) is 6.24. The van der Waals surface area contributed by atoms with Crippen molar-refractivity contribution in [3.63, 3.8) is 0 Å². The third-order valence-corrected chi connectivity index (χ3v) is 3.43. The quantitative estimate of drug-likeness (QED) is 0.550. The molecule has 0 saturated heterocycles. The first-order chi connectivity index (χ1) is 9.33. The molecular formula is C12H16BClN2O4. The van der Waals surface area contributed by atoms with Crippen LogP contribution in [0.4, 0.5) is 0 Å². The molecule has 0 bridgehead atoms. The van der Waals surface area contributed by atoms with Crippen LogP contribution >= 0.6 is 12.4 Å². The minimum Gasteiger partial charge on any atom is -0.497 e. The number of carbonyl (C=O) groups is 1. The van der Waals surface area contributed by atoms with Crippen LogP contribution in [-0.2, 0) is 18.8 Å². The van der Waals surface area contributed by atoms with Gasteiger partial charge < -0.3 is 25.1 Å². The zero-order chi connectivity index (χ0) is 13.2. The van der Waals surface area contributed by atoms with E-state index in [2.05, 4.69) is 5.32 Å². The smallest absolute Gasteiger partial charge is 0.495 e. The van der Waals surface area contributed by atoms with Gasteiger partial charge in [-0.25, -0.2) is 0 Å². The van der Waals surface area contributed by atoms with E-state index in [-0.39, 0.29) is 24.6 Å². The highest BCUT2D eigenvalue weighted by Gasteiger charge is 2.44. The van der Waals surface area contributed by atoms with Crippen molar-refractivity contribution in [1.82, 2.24) is 5.32 Å². The number of nitrogens with two attached hydrogens (primary N) is 1. The molecule has 3 aliphatic rings. The molecule has 3 aliphatic heterocycles. The van der Waals surface area contributed by atoms with Crippen molar-refractivity contribution in [2.24, 2.45) is 5.73 Å². The SMILES string of the molecule is Cl.NCC1C=C2C=COCC3=C2B(O1)O[C@H]3CNC=O. The molecule has 2 atom stereocenters. The van der Waals surface area contributed by atoms with Gasteiger partial charge in [-0.2, -0.15) is 0 Å². The van der Waals surface area contributed by atoms with Gasteiger partial charge in [0.05, 0.1) is 18.5 Å². The predicted molar refractivity (Wildman–Crippen MR) is 76.1 cm³/mol. The minimum absolute atomic E-state index is 0. The van der Waals surface area contributed by atoms with Crippen LogP contribution in [0.15, 0.2) is 35.0 Å². The van der Waals surface area contributed by atoms with Crippen LogP contribution in [-0.4, -0.2) is 45.4 Å². The monoisotopic (exact) mass is 298 g/mol. The van der Waals surface area contributed by atoms with Gasteiger partial charge in [-0.05, 0) is 28.8 Å². The standard InChI is InChI=1S/C12H15BN2O4.ClH/c14-4-9-3-8-1-2-17-6-10-11(5-15-7-16)19-13(18-9)12(8)10;/h1-3,7,9,11H,4-6,14H2,(H,15,16);1H/t9?,11-;/m0./s1. The van der Waals surface area contributed by atoms with Gasteiger partial charge in [0.1, 0.15) is 6.61 Å². The van der Waals surface area contributed by atoms with Crippen LogP contribution in [0.2, 0.25) is 0 Å². The van der Waals surface area contributed by atoms with Crippen molar-refractivity contribution < 1.29 is 18.8 Å². The molecule has 0 aliphatic carbocycles. The summed E-state index contributed by atoms with van der Waals surface area (Å²) in [6, 6.07) is 0. The summed E-state index contributed by atoms with van der Waals surface area (Å²) in [5.41, 5.74) is 8.72. The first kappa shape index (κ1) is 15.1. The van der Waals surface area contributed by atoms with Gasteiger partial charge in [0.25, 0.3) is 0 Å². The molecule has 1 amide bonds. The topological polar surface area (TPSA) is 82.8 Å². The van der Waals surface area contributed by atoms with Crippen molar-refractivity contribution in [3.05, 3.63) is 35.0 Å². The second-order valence-corrected chi connectivity index (χ2v) is 4.57. The summed E-state index contributed by atoms with van der Waals surface area (Å²) in [6.45, 7) is 1.26. The zero-order valence-corrected chi connectivity index (χ0v) is 11.6. The number of halogens is 1. The van der Waals surface area contributed by atoms with E-state index in [4.69, 9.17) is 19.8 Å². The molecule has 3 rings (SSSR count). The highest BCUT2D eigenvalue weighted by Crippen LogP contribution is 2.36. The number of hydrogen-bond donors (Lipinski definition) is 2. The Morgan fingerprint density at radius 3 is 3.10 bits per heavy atom. The molecular weight excluding hydrogens is 282 g/mol. The van der Waals surface area contributed by atoms with Crippen molar-refractivity contribution in [1.29, 1.82) is 0 Å². The van der Waals surface area contributed by atoms with Crippen LogP contribution in [0.25, 0.3) is 0 Å². The Morgan fingerprint density at radius 2 is 2.35 bits per heavy atom. The summed E-state index contributed by atoms with van der Waals surface area (Å²) in [5.74, 6) is 0. The normalized spacial score (nSPS) is 27.1. The Hall–Kier alpha value is -1.28. The van der Waals surface area contributed by atoms with E-state index in [0.717, 1.165) is 16.6 Å². The number of ether oxygens (including phenoxy) is 1. The van der Waals surface area contributed by atoms with Gasteiger partial charge in [0, 0.05) is 13.1 Å².